The lowest BCUT2D eigenvalue weighted by Gasteiger charge is -2.46. The number of ether oxygens (including phenoxy) is 1. The Balaban J connectivity index is 3.04. The second-order valence-electron chi connectivity index (χ2n) is 4.68. The first-order chi connectivity index (χ1) is 8.66. The molecule has 1 unspecified atom stereocenters. The molecular formula is C10H19NO8. The van der Waals surface area contributed by atoms with Gasteiger partial charge in [-0.2, -0.15) is 0 Å². The highest BCUT2D eigenvalue weighted by molar-refractivity contribution is 5.76. The van der Waals surface area contributed by atoms with Crippen LogP contribution in [-0.2, 0) is 9.53 Å². The summed E-state index contributed by atoms with van der Waals surface area (Å²) in [5.74, 6) is -5.73. The van der Waals surface area contributed by atoms with E-state index < -0.39 is 54.7 Å². The highest BCUT2D eigenvalue weighted by atomic mass is 16.7. The minimum Gasteiger partial charge on any atom is -0.477 e. The van der Waals surface area contributed by atoms with Gasteiger partial charge in [0.25, 0.3) is 5.79 Å². The molecule has 19 heavy (non-hydrogen) atoms. The van der Waals surface area contributed by atoms with Crippen molar-refractivity contribution in [2.45, 2.75) is 43.2 Å². The van der Waals surface area contributed by atoms with E-state index in [0.29, 0.717) is 0 Å². The van der Waals surface area contributed by atoms with Crippen molar-refractivity contribution < 1.29 is 40.2 Å². The van der Waals surface area contributed by atoms with Gasteiger partial charge in [0.05, 0.1) is 18.8 Å². The van der Waals surface area contributed by atoms with Gasteiger partial charge in [-0.1, -0.05) is 6.92 Å². The van der Waals surface area contributed by atoms with Crippen molar-refractivity contribution in [2.24, 2.45) is 11.7 Å². The number of aliphatic hydroxyl groups excluding tert-OH is 4. The molecule has 9 heteroatoms. The third-order valence-corrected chi connectivity index (χ3v) is 3.44. The van der Waals surface area contributed by atoms with Crippen molar-refractivity contribution in [3.05, 3.63) is 0 Å². The minimum atomic E-state index is -2.74. The number of carboxylic acids is 1. The molecule has 0 spiro atoms. The van der Waals surface area contributed by atoms with Crippen molar-refractivity contribution in [3.63, 3.8) is 0 Å². The molecule has 0 bridgehead atoms. The summed E-state index contributed by atoms with van der Waals surface area (Å²) >= 11 is 0. The van der Waals surface area contributed by atoms with E-state index in [9.17, 15) is 25.2 Å². The van der Waals surface area contributed by atoms with Crippen molar-refractivity contribution >= 4 is 5.97 Å². The van der Waals surface area contributed by atoms with Crippen molar-refractivity contribution in [2.75, 3.05) is 6.61 Å². The molecule has 8 N–H and O–H groups in total. The van der Waals surface area contributed by atoms with Crippen LogP contribution in [0, 0.1) is 5.92 Å². The largest absolute Gasteiger partial charge is 0.477 e. The van der Waals surface area contributed by atoms with E-state index in [2.05, 4.69) is 0 Å². The summed E-state index contributed by atoms with van der Waals surface area (Å²) in [5.41, 5.74) is 5.60. The molecule has 1 rings (SSSR count). The van der Waals surface area contributed by atoms with E-state index in [1.165, 1.54) is 6.92 Å². The Morgan fingerprint density at radius 2 is 2.00 bits per heavy atom. The van der Waals surface area contributed by atoms with Gasteiger partial charge in [0.1, 0.15) is 18.3 Å². The first kappa shape index (κ1) is 16.2. The van der Waals surface area contributed by atoms with E-state index in [0.717, 1.165) is 0 Å². The predicted molar refractivity (Wildman–Crippen MR) is 59.7 cm³/mol. The molecule has 1 saturated heterocycles. The Bertz CT molecular complexity index is 335. The van der Waals surface area contributed by atoms with Crippen LogP contribution in [0.25, 0.3) is 0 Å². The van der Waals surface area contributed by atoms with Gasteiger partial charge in [-0.3, -0.25) is 0 Å². The van der Waals surface area contributed by atoms with E-state index in [1.54, 1.807) is 0 Å². The molecule has 0 aromatic carbocycles. The summed E-state index contributed by atoms with van der Waals surface area (Å²) < 4.78 is 4.86. The van der Waals surface area contributed by atoms with Gasteiger partial charge in [-0.15, -0.1) is 0 Å². The number of rotatable bonds is 4. The molecule has 0 aliphatic carbocycles. The van der Waals surface area contributed by atoms with Gasteiger partial charge in [-0.05, 0) is 0 Å². The van der Waals surface area contributed by atoms with Crippen LogP contribution in [-0.4, -0.2) is 79.5 Å². The van der Waals surface area contributed by atoms with Gasteiger partial charge in [0, 0.05) is 5.92 Å². The predicted octanol–water partition coefficient (Wildman–Crippen LogP) is -3.80. The average Bonchev–Trinajstić information content (AvgIpc) is 2.38. The number of carbonyl (C=O) groups is 1. The standard InChI is InChI=1S/C10H19NO8/c1-3-6(14)5(11)8(7(15)4(13)2-12)19-10(3,18)9(16)17/h3-8,12-15,18H,2,11H2,1H3,(H,16,17)/t3?,4-,5-,6+,7-,8-,10-/m1/s1. The van der Waals surface area contributed by atoms with E-state index in [-0.39, 0.29) is 0 Å². The topological polar surface area (TPSA) is 174 Å². The number of hydrogen-bond donors (Lipinski definition) is 7. The number of aliphatic carboxylic acids is 1. The van der Waals surface area contributed by atoms with Crippen molar-refractivity contribution in [1.29, 1.82) is 0 Å². The van der Waals surface area contributed by atoms with Crippen LogP contribution in [0.2, 0.25) is 0 Å². The average molecular weight is 281 g/mol. The molecule has 0 aromatic rings. The van der Waals surface area contributed by atoms with Crippen LogP contribution in [0.1, 0.15) is 6.92 Å². The van der Waals surface area contributed by atoms with E-state index in [4.69, 9.17) is 20.7 Å². The molecule has 0 amide bonds. The molecule has 112 valence electrons. The maximum absolute atomic E-state index is 11.0. The van der Waals surface area contributed by atoms with Crippen LogP contribution >= 0.6 is 0 Å². The quantitative estimate of drug-likeness (QED) is 0.272. The van der Waals surface area contributed by atoms with Crippen molar-refractivity contribution in [3.8, 4) is 0 Å². The molecule has 0 saturated carbocycles. The first-order valence-corrected chi connectivity index (χ1v) is 5.71. The maximum atomic E-state index is 11.0. The number of nitrogens with two attached hydrogens (primary N) is 1. The second kappa shape index (κ2) is 5.67. The number of hydrogen-bond acceptors (Lipinski definition) is 8. The van der Waals surface area contributed by atoms with Crippen LogP contribution in [0.3, 0.4) is 0 Å². The van der Waals surface area contributed by atoms with E-state index >= 15 is 0 Å². The minimum absolute atomic E-state index is 0.815. The van der Waals surface area contributed by atoms with Crippen LogP contribution in [0.4, 0.5) is 0 Å². The van der Waals surface area contributed by atoms with Gasteiger partial charge in [-0.25, -0.2) is 4.79 Å². The lowest BCUT2D eigenvalue weighted by Crippen LogP contribution is -2.69. The van der Waals surface area contributed by atoms with Gasteiger partial charge in [0.2, 0.25) is 0 Å². The first-order valence-electron chi connectivity index (χ1n) is 5.71. The fourth-order valence-electron chi connectivity index (χ4n) is 2.02. The highest BCUT2D eigenvalue weighted by Gasteiger charge is 2.57. The molecule has 1 aliphatic heterocycles. The molecule has 1 fully saturated rings. The summed E-state index contributed by atoms with van der Waals surface area (Å²) in [7, 11) is 0. The summed E-state index contributed by atoms with van der Waals surface area (Å²) in [4.78, 5) is 11.0. The third-order valence-electron chi connectivity index (χ3n) is 3.44. The summed E-state index contributed by atoms with van der Waals surface area (Å²) in [6, 6.07) is -1.23. The monoisotopic (exact) mass is 281 g/mol. The maximum Gasteiger partial charge on any atom is 0.364 e. The Kier molecular flexibility index (Phi) is 4.85. The third kappa shape index (κ3) is 2.72. The molecule has 0 aromatic heterocycles. The molecular weight excluding hydrogens is 262 g/mol. The number of carboxylic acid groups (broad SMARTS) is 1. The lowest BCUT2D eigenvalue weighted by atomic mass is 9.82. The van der Waals surface area contributed by atoms with Gasteiger partial charge < -0.3 is 41.1 Å². The summed E-state index contributed by atoms with van der Waals surface area (Å²) in [6.45, 7) is 0.411. The van der Waals surface area contributed by atoms with Crippen molar-refractivity contribution in [1.82, 2.24) is 0 Å². The van der Waals surface area contributed by atoms with Gasteiger partial charge in [0.15, 0.2) is 0 Å². The lowest BCUT2D eigenvalue weighted by molar-refractivity contribution is -0.315. The highest BCUT2D eigenvalue weighted by Crippen LogP contribution is 2.34. The van der Waals surface area contributed by atoms with Crippen LogP contribution < -0.4 is 5.73 Å². The van der Waals surface area contributed by atoms with E-state index in [1.807, 2.05) is 0 Å². The molecule has 1 aliphatic rings. The molecule has 1 heterocycles. The zero-order valence-electron chi connectivity index (χ0n) is 10.2. The normalized spacial score (nSPS) is 42.7. The Morgan fingerprint density at radius 3 is 2.42 bits per heavy atom. The molecule has 0 radical (unpaired) electrons. The fourth-order valence-corrected chi connectivity index (χ4v) is 2.02. The summed E-state index contributed by atoms with van der Waals surface area (Å²) in [5, 5.41) is 56.4. The Morgan fingerprint density at radius 1 is 1.47 bits per heavy atom. The summed E-state index contributed by atoms with van der Waals surface area (Å²) in [6.07, 6.45) is -6.42. The fraction of sp³-hybridized carbons (Fsp3) is 0.900. The van der Waals surface area contributed by atoms with Gasteiger partial charge >= 0.3 is 5.97 Å². The van der Waals surface area contributed by atoms with Crippen LogP contribution in [0.5, 0.6) is 0 Å². The Hall–Kier alpha value is -0.810. The second-order valence-corrected chi connectivity index (χ2v) is 4.68. The smallest absolute Gasteiger partial charge is 0.364 e. The SMILES string of the molecule is CC1[C@H](O)[C@@H](N)[C@H]([C@H](O)[C@H](O)CO)O[C@@]1(O)C(=O)O. The zero-order valence-corrected chi connectivity index (χ0v) is 10.2. The molecule has 9 nitrogen and oxygen atoms in total. The molecule has 7 atom stereocenters. The van der Waals surface area contributed by atoms with Crippen LogP contribution in [0.15, 0.2) is 0 Å². The number of aliphatic hydroxyl groups is 5. The zero-order chi connectivity index (χ0) is 15.0. The Labute approximate surface area is 108 Å².